The topological polar surface area (TPSA) is 13.1 Å². The molecule has 1 nitrogen and oxygen atoms in total. The van der Waals surface area contributed by atoms with E-state index in [1.807, 2.05) is 0 Å². The zero-order chi connectivity index (χ0) is 28.9. The number of fused-ring (bicyclic) bond motifs is 6. The molecule has 0 aliphatic heterocycles. The molecule has 0 saturated heterocycles. The number of hydrogen-bond acceptors (Lipinski definition) is 1. The summed E-state index contributed by atoms with van der Waals surface area (Å²) in [7, 11) is 0. The highest BCUT2D eigenvalue weighted by Gasteiger charge is 2.22. The van der Waals surface area contributed by atoms with E-state index in [9.17, 15) is 0 Å². The van der Waals surface area contributed by atoms with Gasteiger partial charge in [-0.05, 0) is 83.7 Å². The summed E-state index contributed by atoms with van der Waals surface area (Å²) in [5.41, 5.74) is 8.39. The summed E-state index contributed by atoms with van der Waals surface area (Å²) in [6.07, 6.45) is 0. The Hall–Kier alpha value is -5.14. The fraction of sp³-hybridized carbons (Fsp3) is 0.0952. The third-order valence-corrected chi connectivity index (χ3v) is 9.35. The Morgan fingerprint density at radius 1 is 0.442 bits per heavy atom. The van der Waals surface area contributed by atoms with Gasteiger partial charge >= 0.3 is 0 Å². The number of rotatable bonds is 2. The highest BCUT2D eigenvalue weighted by molar-refractivity contribution is 6.38. The molecule has 9 rings (SSSR count). The smallest absolute Gasteiger partial charge is 0.143 e. The van der Waals surface area contributed by atoms with Crippen LogP contribution >= 0.6 is 0 Å². The third-order valence-electron chi connectivity index (χ3n) is 9.35. The first-order chi connectivity index (χ1) is 21.0. The Balaban J connectivity index is 1.39. The molecule has 8 aromatic carbocycles. The van der Waals surface area contributed by atoms with Crippen LogP contribution in [0.4, 0.5) is 0 Å². The van der Waals surface area contributed by atoms with E-state index in [1.54, 1.807) is 0 Å². The standard InChI is InChI=1S/C42H30O/c1-42(2,3)29-20-18-25(19-21-29)30-13-6-7-14-31(30)35-23-28-12-8-17-34-38(28)39-32(35)15-9-16-33(39)40-36-22-26-10-4-5-11-27(26)24-37(36)43-41(34)40/h4-24H,1-3H3. The van der Waals surface area contributed by atoms with Gasteiger partial charge in [0.2, 0.25) is 0 Å². The molecule has 0 N–H and O–H groups in total. The van der Waals surface area contributed by atoms with Crippen LogP contribution < -0.4 is 0 Å². The monoisotopic (exact) mass is 550 g/mol. The third kappa shape index (κ3) is 3.52. The van der Waals surface area contributed by atoms with Crippen LogP contribution in [0, 0.1) is 0 Å². The van der Waals surface area contributed by atoms with Crippen LogP contribution in [-0.2, 0) is 5.41 Å². The van der Waals surface area contributed by atoms with Crippen molar-refractivity contribution in [3.63, 3.8) is 0 Å². The van der Waals surface area contributed by atoms with Crippen LogP contribution in [0.15, 0.2) is 132 Å². The Morgan fingerprint density at radius 2 is 1.09 bits per heavy atom. The van der Waals surface area contributed by atoms with Crippen LogP contribution in [-0.4, -0.2) is 0 Å². The van der Waals surface area contributed by atoms with Crippen molar-refractivity contribution >= 4 is 65.0 Å². The lowest BCUT2D eigenvalue weighted by Gasteiger charge is -2.20. The molecule has 204 valence electrons. The minimum atomic E-state index is 0.122. The van der Waals surface area contributed by atoms with E-state index in [0.717, 1.165) is 11.2 Å². The van der Waals surface area contributed by atoms with Gasteiger partial charge in [0.05, 0.1) is 0 Å². The molecule has 0 saturated carbocycles. The molecule has 0 aliphatic carbocycles. The molecule has 0 atom stereocenters. The molecular formula is C42H30O. The van der Waals surface area contributed by atoms with Gasteiger partial charge in [0.25, 0.3) is 0 Å². The van der Waals surface area contributed by atoms with Crippen molar-refractivity contribution in [2.24, 2.45) is 0 Å². The average Bonchev–Trinajstić information content (AvgIpc) is 3.41. The van der Waals surface area contributed by atoms with Crippen molar-refractivity contribution in [2.75, 3.05) is 0 Å². The lowest BCUT2D eigenvalue weighted by molar-refractivity contribution is 0.590. The second-order valence-electron chi connectivity index (χ2n) is 12.9. The summed E-state index contributed by atoms with van der Waals surface area (Å²) in [6.45, 7) is 6.80. The summed E-state index contributed by atoms with van der Waals surface area (Å²) < 4.78 is 6.70. The van der Waals surface area contributed by atoms with E-state index in [2.05, 4.69) is 148 Å². The van der Waals surface area contributed by atoms with Gasteiger partial charge in [-0.2, -0.15) is 0 Å². The molecule has 0 aliphatic rings. The fourth-order valence-electron chi connectivity index (χ4n) is 7.23. The minimum absolute atomic E-state index is 0.122. The van der Waals surface area contributed by atoms with E-state index < -0.39 is 0 Å². The van der Waals surface area contributed by atoms with E-state index in [1.165, 1.54) is 81.7 Å². The summed E-state index contributed by atoms with van der Waals surface area (Å²) in [5, 5.41) is 12.3. The van der Waals surface area contributed by atoms with Crippen molar-refractivity contribution in [1.82, 2.24) is 0 Å². The summed E-state index contributed by atoms with van der Waals surface area (Å²) >= 11 is 0. The predicted molar refractivity (Wildman–Crippen MR) is 185 cm³/mol. The number of benzene rings is 8. The van der Waals surface area contributed by atoms with Crippen molar-refractivity contribution < 1.29 is 4.42 Å². The Morgan fingerprint density at radius 3 is 1.88 bits per heavy atom. The number of hydrogen-bond donors (Lipinski definition) is 0. The van der Waals surface area contributed by atoms with Crippen molar-refractivity contribution in [3.05, 3.63) is 133 Å². The highest BCUT2D eigenvalue weighted by atomic mass is 16.3. The van der Waals surface area contributed by atoms with E-state index in [-0.39, 0.29) is 5.41 Å². The largest absolute Gasteiger partial charge is 0.455 e. The molecule has 43 heavy (non-hydrogen) atoms. The second-order valence-corrected chi connectivity index (χ2v) is 12.9. The van der Waals surface area contributed by atoms with Crippen LogP contribution in [0.2, 0.25) is 0 Å². The van der Waals surface area contributed by atoms with Crippen LogP contribution in [0.5, 0.6) is 0 Å². The van der Waals surface area contributed by atoms with Gasteiger partial charge in [-0.15, -0.1) is 0 Å². The summed E-state index contributed by atoms with van der Waals surface area (Å²) in [6, 6.07) is 46.8. The molecule has 1 heteroatoms. The van der Waals surface area contributed by atoms with Crippen molar-refractivity contribution in [2.45, 2.75) is 26.2 Å². The molecule has 0 fully saturated rings. The van der Waals surface area contributed by atoms with Crippen LogP contribution in [0.1, 0.15) is 26.3 Å². The van der Waals surface area contributed by atoms with Crippen molar-refractivity contribution in [3.8, 4) is 22.3 Å². The number of furan rings is 1. The first-order valence-corrected chi connectivity index (χ1v) is 15.1. The predicted octanol–water partition coefficient (Wildman–Crippen LogP) is 12.3. The van der Waals surface area contributed by atoms with Gasteiger partial charge in [0, 0.05) is 21.5 Å². The molecule has 1 aromatic heterocycles. The lowest BCUT2D eigenvalue weighted by atomic mass is 9.84. The molecular weight excluding hydrogens is 520 g/mol. The molecule has 1 heterocycles. The van der Waals surface area contributed by atoms with E-state index in [4.69, 9.17) is 4.42 Å². The maximum atomic E-state index is 6.70. The molecule has 0 amide bonds. The molecule has 0 radical (unpaired) electrons. The summed E-state index contributed by atoms with van der Waals surface area (Å²) in [5.74, 6) is 0. The molecule has 0 bridgehead atoms. The van der Waals surface area contributed by atoms with Crippen LogP contribution in [0.3, 0.4) is 0 Å². The second kappa shape index (κ2) is 8.69. The Kier molecular flexibility index (Phi) is 4.94. The normalized spacial score (nSPS) is 12.5. The van der Waals surface area contributed by atoms with Gasteiger partial charge in [-0.25, -0.2) is 0 Å². The Labute approximate surface area is 250 Å². The van der Waals surface area contributed by atoms with Gasteiger partial charge in [-0.1, -0.05) is 130 Å². The van der Waals surface area contributed by atoms with E-state index >= 15 is 0 Å². The summed E-state index contributed by atoms with van der Waals surface area (Å²) in [4.78, 5) is 0. The maximum absolute atomic E-state index is 6.70. The zero-order valence-corrected chi connectivity index (χ0v) is 24.5. The zero-order valence-electron chi connectivity index (χ0n) is 24.5. The first-order valence-electron chi connectivity index (χ1n) is 15.1. The minimum Gasteiger partial charge on any atom is -0.455 e. The fourth-order valence-corrected chi connectivity index (χ4v) is 7.23. The Bertz CT molecular complexity index is 2520. The first kappa shape index (κ1) is 24.5. The maximum Gasteiger partial charge on any atom is 0.143 e. The van der Waals surface area contributed by atoms with E-state index in [0.29, 0.717) is 0 Å². The van der Waals surface area contributed by atoms with Crippen LogP contribution in [0.25, 0.3) is 87.3 Å². The van der Waals surface area contributed by atoms with Gasteiger partial charge in [-0.3, -0.25) is 0 Å². The quantitative estimate of drug-likeness (QED) is 0.195. The van der Waals surface area contributed by atoms with Gasteiger partial charge in [0.15, 0.2) is 0 Å². The highest BCUT2D eigenvalue weighted by Crippen LogP contribution is 2.48. The molecule has 0 unspecified atom stereocenters. The van der Waals surface area contributed by atoms with Gasteiger partial charge < -0.3 is 4.42 Å². The average molecular weight is 551 g/mol. The van der Waals surface area contributed by atoms with Gasteiger partial charge in [0.1, 0.15) is 11.2 Å². The molecule has 9 aromatic rings. The SMILES string of the molecule is CC(C)(C)c1ccc(-c2ccccc2-c2cc3cccc4c5oc6cc7ccccc7cc6c5c5cccc2c5c34)cc1. The molecule has 0 spiro atoms. The van der Waals surface area contributed by atoms with Crippen molar-refractivity contribution in [1.29, 1.82) is 0 Å². The lowest BCUT2D eigenvalue weighted by Crippen LogP contribution is -2.10.